The maximum Gasteiger partial charge on any atom is 0.231 e. The molecule has 0 saturated carbocycles. The number of nitrogen functional groups attached to an aromatic ring is 1. The van der Waals surface area contributed by atoms with E-state index in [2.05, 4.69) is 0 Å². The highest BCUT2D eigenvalue weighted by molar-refractivity contribution is 5.96. The van der Waals surface area contributed by atoms with E-state index < -0.39 is 0 Å². The Morgan fingerprint density at radius 2 is 1.95 bits per heavy atom. The molecule has 1 amide bonds. The van der Waals surface area contributed by atoms with Gasteiger partial charge >= 0.3 is 0 Å². The van der Waals surface area contributed by atoms with Crippen molar-refractivity contribution in [1.29, 1.82) is 0 Å². The van der Waals surface area contributed by atoms with Crippen LogP contribution in [0, 0.1) is 5.82 Å². The first-order valence-corrected chi connectivity index (χ1v) is 7.07. The number of carbonyl (C=O) groups is 1. The van der Waals surface area contributed by atoms with E-state index in [0.29, 0.717) is 6.54 Å². The lowest BCUT2D eigenvalue weighted by Crippen LogP contribution is -2.36. The van der Waals surface area contributed by atoms with Crippen LogP contribution in [-0.4, -0.2) is 12.5 Å². The highest BCUT2D eigenvalue weighted by atomic mass is 19.1. The van der Waals surface area contributed by atoms with Crippen LogP contribution in [0.15, 0.2) is 42.5 Å². The van der Waals surface area contributed by atoms with E-state index in [-0.39, 0.29) is 18.1 Å². The van der Waals surface area contributed by atoms with Crippen LogP contribution in [0.25, 0.3) is 0 Å². The summed E-state index contributed by atoms with van der Waals surface area (Å²) in [5.41, 5.74) is 9.52. The molecule has 2 aromatic rings. The third-order valence-corrected chi connectivity index (χ3v) is 3.86. The summed E-state index contributed by atoms with van der Waals surface area (Å²) in [6.45, 7) is 0.705. The second-order valence-electron chi connectivity index (χ2n) is 5.30. The molecule has 0 fully saturated rings. The minimum Gasteiger partial charge on any atom is -0.398 e. The van der Waals surface area contributed by atoms with Crippen molar-refractivity contribution in [2.45, 2.75) is 19.3 Å². The van der Waals surface area contributed by atoms with Gasteiger partial charge in [0.1, 0.15) is 5.82 Å². The van der Waals surface area contributed by atoms with Gasteiger partial charge in [-0.05, 0) is 48.2 Å². The molecule has 0 unspecified atom stereocenters. The number of anilines is 2. The van der Waals surface area contributed by atoms with Crippen LogP contribution in [0.5, 0.6) is 0 Å². The summed E-state index contributed by atoms with van der Waals surface area (Å²) in [7, 11) is 0. The highest BCUT2D eigenvalue weighted by Crippen LogP contribution is 2.31. The van der Waals surface area contributed by atoms with Gasteiger partial charge in [0.05, 0.1) is 6.42 Å². The summed E-state index contributed by atoms with van der Waals surface area (Å²) < 4.78 is 12.9. The molecule has 1 heterocycles. The average Bonchev–Trinajstić information content (AvgIpc) is 2.49. The van der Waals surface area contributed by atoms with Crippen LogP contribution in [-0.2, 0) is 17.6 Å². The number of benzene rings is 2. The van der Waals surface area contributed by atoms with E-state index in [1.807, 2.05) is 18.2 Å². The minimum atomic E-state index is -0.290. The molecule has 1 aliphatic heterocycles. The molecule has 0 aromatic heterocycles. The Bertz CT molecular complexity index is 667. The second kappa shape index (κ2) is 5.56. The van der Waals surface area contributed by atoms with Crippen LogP contribution < -0.4 is 10.6 Å². The van der Waals surface area contributed by atoms with E-state index in [1.54, 1.807) is 17.0 Å². The van der Waals surface area contributed by atoms with Crippen molar-refractivity contribution in [3.63, 3.8) is 0 Å². The molecule has 0 saturated heterocycles. The van der Waals surface area contributed by atoms with Gasteiger partial charge in [-0.25, -0.2) is 4.39 Å². The van der Waals surface area contributed by atoms with Crippen LogP contribution in [0.4, 0.5) is 15.8 Å². The lowest BCUT2D eigenvalue weighted by Gasteiger charge is -2.30. The predicted molar refractivity (Wildman–Crippen MR) is 81.6 cm³/mol. The normalized spacial score (nSPS) is 13.9. The second-order valence-corrected chi connectivity index (χ2v) is 5.30. The first kappa shape index (κ1) is 13.6. The van der Waals surface area contributed by atoms with Crippen LogP contribution in [0.2, 0.25) is 0 Å². The van der Waals surface area contributed by atoms with Gasteiger partial charge in [0.2, 0.25) is 5.91 Å². The Morgan fingerprint density at radius 1 is 1.19 bits per heavy atom. The van der Waals surface area contributed by atoms with E-state index in [4.69, 9.17) is 5.73 Å². The summed E-state index contributed by atoms with van der Waals surface area (Å²) >= 11 is 0. The van der Waals surface area contributed by atoms with Crippen LogP contribution >= 0.6 is 0 Å². The average molecular weight is 284 g/mol. The molecule has 2 aromatic carbocycles. The zero-order valence-electron chi connectivity index (χ0n) is 11.7. The molecule has 0 bridgehead atoms. The summed E-state index contributed by atoms with van der Waals surface area (Å²) in [5, 5.41) is 0. The number of carbonyl (C=O) groups excluding carboxylic acids is 1. The van der Waals surface area contributed by atoms with Crippen molar-refractivity contribution in [3.8, 4) is 0 Å². The monoisotopic (exact) mass is 284 g/mol. The topological polar surface area (TPSA) is 46.3 Å². The molecule has 0 atom stereocenters. The fourth-order valence-corrected chi connectivity index (χ4v) is 2.78. The molecule has 0 aliphatic carbocycles. The zero-order chi connectivity index (χ0) is 14.8. The van der Waals surface area contributed by atoms with Crippen molar-refractivity contribution < 1.29 is 9.18 Å². The Morgan fingerprint density at radius 3 is 2.71 bits per heavy atom. The fraction of sp³-hybridized carbons (Fsp3) is 0.235. The molecular formula is C17H17FN2O. The summed E-state index contributed by atoms with van der Waals surface area (Å²) in [6.07, 6.45) is 2.09. The number of amides is 1. The maximum atomic E-state index is 12.9. The number of hydrogen-bond acceptors (Lipinski definition) is 2. The highest BCUT2D eigenvalue weighted by Gasteiger charge is 2.23. The number of nitrogens with two attached hydrogens (primary N) is 1. The van der Waals surface area contributed by atoms with Crippen LogP contribution in [0.3, 0.4) is 0 Å². The van der Waals surface area contributed by atoms with Gasteiger partial charge < -0.3 is 10.6 Å². The molecule has 21 heavy (non-hydrogen) atoms. The largest absolute Gasteiger partial charge is 0.398 e. The van der Waals surface area contributed by atoms with Gasteiger partial charge in [-0.3, -0.25) is 4.79 Å². The predicted octanol–water partition coefficient (Wildman–Crippen LogP) is 2.93. The summed E-state index contributed by atoms with van der Waals surface area (Å²) in [5.74, 6) is -0.268. The third-order valence-electron chi connectivity index (χ3n) is 3.86. The molecule has 3 rings (SSSR count). The number of nitrogens with zero attached hydrogens (tertiary/aromatic N) is 1. The SMILES string of the molecule is Nc1cccc2c1CCCN2C(=O)Cc1ccc(F)cc1. The van der Waals surface area contributed by atoms with Gasteiger partial charge in [0.25, 0.3) is 0 Å². The van der Waals surface area contributed by atoms with E-state index >= 15 is 0 Å². The molecule has 3 nitrogen and oxygen atoms in total. The molecule has 108 valence electrons. The van der Waals surface area contributed by atoms with Crippen molar-refractivity contribution in [2.75, 3.05) is 17.2 Å². The van der Waals surface area contributed by atoms with Gasteiger partial charge in [0, 0.05) is 17.9 Å². The van der Waals surface area contributed by atoms with Crippen molar-refractivity contribution in [2.24, 2.45) is 0 Å². The zero-order valence-corrected chi connectivity index (χ0v) is 11.7. The van der Waals surface area contributed by atoms with E-state index in [1.165, 1.54) is 12.1 Å². The van der Waals surface area contributed by atoms with Crippen molar-refractivity contribution >= 4 is 17.3 Å². The Balaban J connectivity index is 1.83. The number of fused-ring (bicyclic) bond motifs is 1. The smallest absolute Gasteiger partial charge is 0.231 e. The lowest BCUT2D eigenvalue weighted by atomic mass is 9.99. The van der Waals surface area contributed by atoms with Crippen molar-refractivity contribution in [1.82, 2.24) is 0 Å². The fourth-order valence-electron chi connectivity index (χ4n) is 2.78. The Labute approximate surface area is 123 Å². The molecule has 4 heteroatoms. The van der Waals surface area contributed by atoms with Gasteiger partial charge in [-0.1, -0.05) is 18.2 Å². The molecule has 0 radical (unpaired) electrons. The van der Waals surface area contributed by atoms with E-state index in [9.17, 15) is 9.18 Å². The number of rotatable bonds is 2. The Hall–Kier alpha value is -2.36. The summed E-state index contributed by atoms with van der Waals surface area (Å²) in [6, 6.07) is 11.7. The van der Waals surface area contributed by atoms with Crippen LogP contribution in [0.1, 0.15) is 17.5 Å². The third kappa shape index (κ3) is 2.75. The van der Waals surface area contributed by atoms with Gasteiger partial charge in [-0.15, -0.1) is 0 Å². The molecular weight excluding hydrogens is 267 g/mol. The van der Waals surface area contributed by atoms with Crippen molar-refractivity contribution in [3.05, 3.63) is 59.4 Å². The molecule has 0 spiro atoms. The minimum absolute atomic E-state index is 0.0214. The standard InChI is InChI=1S/C17H17FN2O/c18-13-8-6-12(7-9-13)11-17(21)20-10-2-3-14-15(19)4-1-5-16(14)20/h1,4-9H,2-3,10-11,19H2. The van der Waals surface area contributed by atoms with Gasteiger partial charge in [0.15, 0.2) is 0 Å². The Kier molecular flexibility index (Phi) is 3.60. The van der Waals surface area contributed by atoms with Gasteiger partial charge in [-0.2, -0.15) is 0 Å². The van der Waals surface area contributed by atoms with E-state index in [0.717, 1.165) is 35.3 Å². The molecule has 1 aliphatic rings. The quantitative estimate of drug-likeness (QED) is 0.862. The lowest BCUT2D eigenvalue weighted by molar-refractivity contribution is -0.118. The maximum absolute atomic E-state index is 12.9. The molecule has 2 N–H and O–H groups in total. The first-order chi connectivity index (χ1) is 10.1. The number of halogens is 1. The summed E-state index contributed by atoms with van der Waals surface area (Å²) in [4.78, 5) is 14.3. The first-order valence-electron chi connectivity index (χ1n) is 7.07. The number of hydrogen-bond donors (Lipinski definition) is 1.